The Morgan fingerprint density at radius 3 is 2.48 bits per heavy atom. The molecule has 0 saturated heterocycles. The molecular weight excluding hydrogens is 360 g/mol. The van der Waals surface area contributed by atoms with E-state index >= 15 is 0 Å². The molecule has 0 bridgehead atoms. The van der Waals surface area contributed by atoms with Crippen LogP contribution in [0.3, 0.4) is 0 Å². The summed E-state index contributed by atoms with van der Waals surface area (Å²) in [5.74, 6) is 0.226. The Labute approximate surface area is 163 Å². The van der Waals surface area contributed by atoms with Crippen LogP contribution in [0.25, 0.3) is 0 Å². The number of benzene rings is 2. The van der Waals surface area contributed by atoms with E-state index in [4.69, 9.17) is 11.6 Å². The molecule has 3 rings (SSSR count). The van der Waals surface area contributed by atoms with E-state index in [1.165, 1.54) is 5.56 Å². The lowest BCUT2D eigenvalue weighted by molar-refractivity contribution is 0.0949. The third-order valence-corrected chi connectivity index (χ3v) is 4.24. The zero-order valence-electron chi connectivity index (χ0n) is 15.1. The van der Waals surface area contributed by atoms with Gasteiger partial charge in [0.1, 0.15) is 5.69 Å². The molecule has 138 valence electrons. The summed E-state index contributed by atoms with van der Waals surface area (Å²) in [5.41, 5.74) is 3.33. The van der Waals surface area contributed by atoms with E-state index < -0.39 is 0 Å². The first kappa shape index (κ1) is 18.9. The van der Waals surface area contributed by atoms with Crippen LogP contribution in [0.5, 0.6) is 0 Å². The molecule has 0 spiro atoms. The summed E-state index contributed by atoms with van der Waals surface area (Å²) >= 11 is 5.90. The van der Waals surface area contributed by atoms with Crippen molar-refractivity contribution in [2.45, 2.75) is 19.9 Å². The second-order valence-corrected chi connectivity index (χ2v) is 6.63. The van der Waals surface area contributed by atoms with Crippen molar-refractivity contribution in [3.63, 3.8) is 0 Å². The number of hydrogen-bond acceptors (Lipinski definition) is 4. The molecule has 0 saturated carbocycles. The number of nitrogens with zero attached hydrogens (tertiary/aromatic N) is 2. The summed E-state index contributed by atoms with van der Waals surface area (Å²) in [7, 11) is 0. The van der Waals surface area contributed by atoms with Gasteiger partial charge in [-0.25, -0.2) is 9.97 Å². The predicted molar refractivity (Wildman–Crippen MR) is 108 cm³/mol. The fourth-order valence-corrected chi connectivity index (χ4v) is 2.73. The van der Waals surface area contributed by atoms with Crippen molar-refractivity contribution in [3.05, 3.63) is 88.2 Å². The standard InChI is InChI=1S/C21H21ClN4O/c1-15-13-19(20(27)23-12-11-16-5-3-2-4-6-16)26-21(25-15)24-14-17-7-9-18(22)10-8-17/h2-10,13H,11-12,14H2,1H3,(H,23,27)(H,24,25,26). The summed E-state index contributed by atoms with van der Waals surface area (Å²) in [6.07, 6.45) is 0.776. The number of aryl methyl sites for hydroxylation is 1. The minimum absolute atomic E-state index is 0.203. The molecule has 0 aliphatic heterocycles. The number of aromatic nitrogens is 2. The fourth-order valence-electron chi connectivity index (χ4n) is 2.60. The van der Waals surface area contributed by atoms with Crippen LogP contribution in [0.15, 0.2) is 60.7 Å². The smallest absolute Gasteiger partial charge is 0.270 e. The fraction of sp³-hybridized carbons (Fsp3) is 0.190. The second-order valence-electron chi connectivity index (χ2n) is 6.19. The lowest BCUT2D eigenvalue weighted by Gasteiger charge is -2.09. The molecule has 6 heteroatoms. The van der Waals surface area contributed by atoms with Gasteiger partial charge in [0.2, 0.25) is 5.95 Å². The van der Waals surface area contributed by atoms with Crippen molar-refractivity contribution in [3.8, 4) is 0 Å². The van der Waals surface area contributed by atoms with E-state index in [1.54, 1.807) is 6.07 Å². The molecule has 0 fully saturated rings. The van der Waals surface area contributed by atoms with Gasteiger partial charge in [0.25, 0.3) is 5.91 Å². The SMILES string of the molecule is Cc1cc(C(=O)NCCc2ccccc2)nc(NCc2ccc(Cl)cc2)n1. The summed E-state index contributed by atoms with van der Waals surface area (Å²) in [5, 5.41) is 6.76. The van der Waals surface area contributed by atoms with Crippen molar-refractivity contribution >= 4 is 23.5 Å². The molecule has 2 aromatic carbocycles. The van der Waals surface area contributed by atoms with E-state index in [2.05, 4.69) is 20.6 Å². The van der Waals surface area contributed by atoms with Crippen LogP contribution < -0.4 is 10.6 Å². The van der Waals surface area contributed by atoms with Crippen LogP contribution in [-0.4, -0.2) is 22.4 Å². The molecular formula is C21H21ClN4O. The molecule has 0 aliphatic carbocycles. The van der Waals surface area contributed by atoms with E-state index in [-0.39, 0.29) is 5.91 Å². The van der Waals surface area contributed by atoms with Crippen molar-refractivity contribution in [1.82, 2.24) is 15.3 Å². The van der Waals surface area contributed by atoms with Crippen LogP contribution in [0, 0.1) is 6.92 Å². The monoisotopic (exact) mass is 380 g/mol. The molecule has 0 radical (unpaired) electrons. The van der Waals surface area contributed by atoms with Gasteiger partial charge < -0.3 is 10.6 Å². The molecule has 0 atom stereocenters. The first-order valence-corrected chi connectivity index (χ1v) is 9.14. The maximum absolute atomic E-state index is 12.4. The van der Waals surface area contributed by atoms with Crippen molar-refractivity contribution in [2.24, 2.45) is 0 Å². The van der Waals surface area contributed by atoms with E-state index in [0.717, 1.165) is 17.7 Å². The number of hydrogen-bond donors (Lipinski definition) is 2. The average molecular weight is 381 g/mol. The Hall–Kier alpha value is -2.92. The van der Waals surface area contributed by atoms with E-state index in [9.17, 15) is 4.79 Å². The van der Waals surface area contributed by atoms with Gasteiger partial charge in [0, 0.05) is 23.8 Å². The first-order valence-electron chi connectivity index (χ1n) is 8.76. The number of anilines is 1. The maximum Gasteiger partial charge on any atom is 0.270 e. The third kappa shape index (κ3) is 5.79. The van der Waals surface area contributed by atoms with Crippen LogP contribution in [0.4, 0.5) is 5.95 Å². The Kier molecular flexibility index (Phi) is 6.39. The Morgan fingerprint density at radius 2 is 1.74 bits per heavy atom. The molecule has 0 aliphatic rings. The molecule has 1 aromatic heterocycles. The Bertz CT molecular complexity index is 898. The minimum Gasteiger partial charge on any atom is -0.350 e. The summed E-state index contributed by atoms with van der Waals surface area (Å²) in [4.78, 5) is 21.1. The van der Waals surface area contributed by atoms with Gasteiger partial charge in [-0.2, -0.15) is 0 Å². The van der Waals surface area contributed by atoms with Gasteiger partial charge >= 0.3 is 0 Å². The highest BCUT2D eigenvalue weighted by Gasteiger charge is 2.10. The average Bonchev–Trinajstić information content (AvgIpc) is 2.68. The molecule has 1 heterocycles. The lowest BCUT2D eigenvalue weighted by Crippen LogP contribution is -2.27. The van der Waals surface area contributed by atoms with Gasteiger partial charge in [-0.15, -0.1) is 0 Å². The number of nitrogens with one attached hydrogen (secondary N) is 2. The van der Waals surface area contributed by atoms with Crippen LogP contribution in [0.2, 0.25) is 5.02 Å². The zero-order chi connectivity index (χ0) is 19.1. The summed E-state index contributed by atoms with van der Waals surface area (Å²) < 4.78 is 0. The Morgan fingerprint density at radius 1 is 1.00 bits per heavy atom. The Balaban J connectivity index is 1.58. The molecule has 0 unspecified atom stereocenters. The number of halogens is 1. The molecule has 5 nitrogen and oxygen atoms in total. The number of carbonyl (C=O) groups is 1. The number of carbonyl (C=O) groups excluding carboxylic acids is 1. The highest BCUT2D eigenvalue weighted by molar-refractivity contribution is 6.30. The first-order chi connectivity index (χ1) is 13.1. The minimum atomic E-state index is -0.203. The van der Waals surface area contributed by atoms with Gasteiger partial charge in [0.15, 0.2) is 0 Å². The van der Waals surface area contributed by atoms with Crippen LogP contribution >= 0.6 is 11.6 Å². The lowest BCUT2D eigenvalue weighted by atomic mass is 10.1. The topological polar surface area (TPSA) is 66.9 Å². The third-order valence-electron chi connectivity index (χ3n) is 3.99. The van der Waals surface area contributed by atoms with Crippen molar-refractivity contribution in [1.29, 1.82) is 0 Å². The maximum atomic E-state index is 12.4. The number of rotatable bonds is 7. The van der Waals surface area contributed by atoms with Crippen LogP contribution in [0.1, 0.15) is 27.3 Å². The van der Waals surface area contributed by atoms with E-state index in [0.29, 0.717) is 29.8 Å². The van der Waals surface area contributed by atoms with Gasteiger partial charge in [-0.05, 0) is 42.7 Å². The van der Waals surface area contributed by atoms with Crippen LogP contribution in [-0.2, 0) is 13.0 Å². The highest BCUT2D eigenvalue weighted by Crippen LogP contribution is 2.11. The molecule has 1 amide bonds. The summed E-state index contributed by atoms with van der Waals surface area (Å²) in [6, 6.07) is 19.3. The quantitative estimate of drug-likeness (QED) is 0.649. The van der Waals surface area contributed by atoms with Gasteiger partial charge in [-0.3, -0.25) is 4.79 Å². The van der Waals surface area contributed by atoms with Gasteiger partial charge in [0.05, 0.1) is 0 Å². The van der Waals surface area contributed by atoms with Crippen molar-refractivity contribution < 1.29 is 4.79 Å². The molecule has 2 N–H and O–H groups in total. The summed E-state index contributed by atoms with van der Waals surface area (Å²) in [6.45, 7) is 2.95. The highest BCUT2D eigenvalue weighted by atomic mass is 35.5. The molecule has 27 heavy (non-hydrogen) atoms. The number of amides is 1. The predicted octanol–water partition coefficient (Wildman–Crippen LogP) is 4.02. The largest absolute Gasteiger partial charge is 0.350 e. The van der Waals surface area contributed by atoms with Crippen molar-refractivity contribution in [2.75, 3.05) is 11.9 Å². The second kappa shape index (κ2) is 9.14. The zero-order valence-corrected chi connectivity index (χ0v) is 15.8. The normalized spacial score (nSPS) is 10.4. The van der Waals surface area contributed by atoms with E-state index in [1.807, 2.05) is 61.5 Å². The molecule has 3 aromatic rings. The van der Waals surface area contributed by atoms with Gasteiger partial charge in [-0.1, -0.05) is 54.1 Å².